The Hall–Kier alpha value is -1.73. The highest BCUT2D eigenvalue weighted by molar-refractivity contribution is 7.99. The Balaban J connectivity index is 1.98. The van der Waals surface area contributed by atoms with E-state index in [1.807, 2.05) is 44.4 Å². The van der Waals surface area contributed by atoms with Gasteiger partial charge in [0.15, 0.2) is 11.0 Å². The summed E-state index contributed by atoms with van der Waals surface area (Å²) in [6.07, 6.45) is -0.121. The maximum absolute atomic E-state index is 11.7. The van der Waals surface area contributed by atoms with Gasteiger partial charge in [-0.15, -0.1) is 10.2 Å². The van der Waals surface area contributed by atoms with E-state index < -0.39 is 0 Å². The fourth-order valence-corrected chi connectivity index (χ4v) is 3.05. The van der Waals surface area contributed by atoms with Crippen molar-refractivity contribution in [3.8, 4) is 5.75 Å². The van der Waals surface area contributed by atoms with Gasteiger partial charge in [-0.05, 0) is 51.5 Å². The molecule has 0 unspecified atom stereocenters. The summed E-state index contributed by atoms with van der Waals surface area (Å²) in [6, 6.07) is 5.50. The van der Waals surface area contributed by atoms with Crippen LogP contribution in [0, 0.1) is 6.92 Å². The molecule has 2 aromatic rings. The number of hydrogen-bond donors (Lipinski definition) is 0. The number of benzene rings is 1. The van der Waals surface area contributed by atoms with Gasteiger partial charge in [0, 0.05) is 11.6 Å². The normalized spacial score (nSPS) is 11.0. The number of carbonyl (C=O) groups excluding carboxylic acids is 1. The summed E-state index contributed by atoms with van der Waals surface area (Å²) in [5.41, 5.74) is 0.955. The zero-order chi connectivity index (χ0) is 18.4. The second-order valence-electron chi connectivity index (χ2n) is 5.67. The molecule has 0 aliphatic carbocycles. The molecule has 1 aromatic heterocycles. The van der Waals surface area contributed by atoms with E-state index in [-0.39, 0.29) is 17.8 Å². The average Bonchev–Trinajstić information content (AvgIpc) is 2.95. The SMILES string of the molecule is CCn1c(COc2ccc(Cl)c(C)c2)nnc1SCC(=O)OC(C)C. The van der Waals surface area contributed by atoms with E-state index in [0.717, 1.165) is 11.3 Å². The topological polar surface area (TPSA) is 66.2 Å². The van der Waals surface area contributed by atoms with Gasteiger partial charge in [-0.25, -0.2) is 0 Å². The second-order valence-corrected chi connectivity index (χ2v) is 7.02. The Morgan fingerprint density at radius 3 is 2.76 bits per heavy atom. The molecule has 0 bridgehead atoms. The van der Waals surface area contributed by atoms with E-state index in [2.05, 4.69) is 10.2 Å². The van der Waals surface area contributed by atoms with Gasteiger partial charge in [-0.3, -0.25) is 4.79 Å². The molecule has 1 heterocycles. The molecule has 8 heteroatoms. The number of hydrogen-bond acceptors (Lipinski definition) is 6. The number of nitrogens with zero attached hydrogens (tertiary/aromatic N) is 3. The molecule has 6 nitrogen and oxygen atoms in total. The van der Waals surface area contributed by atoms with E-state index in [1.165, 1.54) is 11.8 Å². The monoisotopic (exact) mass is 383 g/mol. The molecule has 0 saturated carbocycles. The molecule has 0 atom stereocenters. The Bertz CT molecular complexity index is 734. The minimum Gasteiger partial charge on any atom is -0.486 e. The minimum atomic E-state index is -0.264. The number of aryl methyl sites for hydroxylation is 1. The van der Waals surface area contributed by atoms with Crippen LogP contribution >= 0.6 is 23.4 Å². The van der Waals surface area contributed by atoms with Gasteiger partial charge >= 0.3 is 5.97 Å². The van der Waals surface area contributed by atoms with Crippen molar-refractivity contribution in [2.75, 3.05) is 5.75 Å². The number of aromatic nitrogens is 3. The third kappa shape index (κ3) is 5.64. The molecule has 0 aliphatic heterocycles. The molecule has 136 valence electrons. The van der Waals surface area contributed by atoms with Crippen LogP contribution in [-0.2, 0) is 22.7 Å². The predicted molar refractivity (Wildman–Crippen MR) is 98.2 cm³/mol. The van der Waals surface area contributed by atoms with Crippen LogP contribution in [-0.4, -0.2) is 32.6 Å². The second kappa shape index (κ2) is 9.10. The van der Waals surface area contributed by atoms with Crippen LogP contribution in [0.25, 0.3) is 0 Å². The third-order valence-electron chi connectivity index (χ3n) is 3.29. The standard InChI is InChI=1S/C17H22ClN3O3S/c1-5-21-15(9-23-13-6-7-14(18)12(4)8-13)19-20-17(21)25-10-16(22)24-11(2)3/h6-8,11H,5,9-10H2,1-4H3. The highest BCUT2D eigenvalue weighted by atomic mass is 35.5. The van der Waals surface area contributed by atoms with Crippen molar-refractivity contribution < 1.29 is 14.3 Å². The predicted octanol–water partition coefficient (Wildman–Crippen LogP) is 3.88. The van der Waals surface area contributed by atoms with Crippen molar-refractivity contribution in [1.82, 2.24) is 14.8 Å². The van der Waals surface area contributed by atoms with Crippen LogP contribution in [0.5, 0.6) is 5.75 Å². The Morgan fingerprint density at radius 2 is 2.12 bits per heavy atom. The number of halogens is 1. The minimum absolute atomic E-state index is 0.121. The summed E-state index contributed by atoms with van der Waals surface area (Å²) < 4.78 is 12.8. The summed E-state index contributed by atoms with van der Waals surface area (Å²) in [5, 5.41) is 9.70. The Morgan fingerprint density at radius 1 is 1.36 bits per heavy atom. The lowest BCUT2D eigenvalue weighted by Crippen LogP contribution is -2.14. The van der Waals surface area contributed by atoms with Gasteiger partial charge in [0.1, 0.15) is 12.4 Å². The molecule has 0 N–H and O–H groups in total. The van der Waals surface area contributed by atoms with Gasteiger partial charge in [-0.1, -0.05) is 23.4 Å². The van der Waals surface area contributed by atoms with Crippen molar-refractivity contribution in [3.05, 3.63) is 34.6 Å². The van der Waals surface area contributed by atoms with Gasteiger partial charge < -0.3 is 14.0 Å². The first kappa shape index (κ1) is 19.6. The van der Waals surface area contributed by atoms with E-state index >= 15 is 0 Å². The van der Waals surface area contributed by atoms with Gasteiger partial charge in [0.25, 0.3) is 0 Å². The highest BCUT2D eigenvalue weighted by Gasteiger charge is 2.15. The van der Waals surface area contributed by atoms with Crippen LogP contribution in [0.3, 0.4) is 0 Å². The first-order chi connectivity index (χ1) is 11.9. The molecule has 0 radical (unpaired) electrons. The lowest BCUT2D eigenvalue weighted by atomic mass is 10.2. The van der Waals surface area contributed by atoms with Crippen molar-refractivity contribution in [3.63, 3.8) is 0 Å². The largest absolute Gasteiger partial charge is 0.486 e. The third-order valence-corrected chi connectivity index (χ3v) is 4.66. The molecule has 0 amide bonds. The van der Waals surface area contributed by atoms with Crippen molar-refractivity contribution in [2.24, 2.45) is 0 Å². The van der Waals surface area contributed by atoms with E-state index in [4.69, 9.17) is 21.1 Å². The highest BCUT2D eigenvalue weighted by Crippen LogP contribution is 2.22. The fourth-order valence-electron chi connectivity index (χ4n) is 2.13. The van der Waals surface area contributed by atoms with E-state index in [0.29, 0.717) is 29.2 Å². The van der Waals surface area contributed by atoms with E-state index in [9.17, 15) is 4.79 Å². The van der Waals surface area contributed by atoms with Crippen LogP contribution in [0.1, 0.15) is 32.2 Å². The quantitative estimate of drug-likeness (QED) is 0.509. The smallest absolute Gasteiger partial charge is 0.316 e. The zero-order valence-electron chi connectivity index (χ0n) is 14.8. The number of carbonyl (C=O) groups is 1. The van der Waals surface area contributed by atoms with Gasteiger partial charge in [0.05, 0.1) is 11.9 Å². The van der Waals surface area contributed by atoms with Gasteiger partial charge in [0.2, 0.25) is 0 Å². The van der Waals surface area contributed by atoms with Crippen molar-refractivity contribution in [1.29, 1.82) is 0 Å². The molecule has 1 aromatic carbocycles. The fraction of sp³-hybridized carbons (Fsp3) is 0.471. The molecule has 25 heavy (non-hydrogen) atoms. The zero-order valence-corrected chi connectivity index (χ0v) is 16.4. The van der Waals surface area contributed by atoms with Crippen LogP contribution < -0.4 is 4.74 Å². The van der Waals surface area contributed by atoms with Crippen LogP contribution in [0.15, 0.2) is 23.4 Å². The van der Waals surface area contributed by atoms with Gasteiger partial charge in [-0.2, -0.15) is 0 Å². The molecular formula is C17H22ClN3O3S. The molecular weight excluding hydrogens is 362 g/mol. The summed E-state index contributed by atoms with van der Waals surface area (Å²) in [5.74, 6) is 1.37. The molecule has 2 rings (SSSR count). The van der Waals surface area contributed by atoms with Crippen molar-refractivity contribution in [2.45, 2.75) is 52.1 Å². The van der Waals surface area contributed by atoms with Crippen LogP contribution in [0.4, 0.5) is 0 Å². The number of ether oxygens (including phenoxy) is 2. The molecule has 0 saturated heterocycles. The summed E-state index contributed by atoms with van der Waals surface area (Å²) in [7, 11) is 0. The lowest BCUT2D eigenvalue weighted by Gasteiger charge is -2.10. The lowest BCUT2D eigenvalue weighted by molar-refractivity contribution is -0.144. The summed E-state index contributed by atoms with van der Waals surface area (Å²) >= 11 is 7.33. The number of esters is 1. The van der Waals surface area contributed by atoms with E-state index in [1.54, 1.807) is 6.07 Å². The molecule has 0 aliphatic rings. The molecule has 0 spiro atoms. The van der Waals surface area contributed by atoms with Crippen LogP contribution in [0.2, 0.25) is 5.02 Å². The Kier molecular flexibility index (Phi) is 7.13. The Labute approximate surface area is 156 Å². The summed E-state index contributed by atoms with van der Waals surface area (Å²) in [6.45, 7) is 8.55. The first-order valence-electron chi connectivity index (χ1n) is 8.04. The molecule has 0 fully saturated rings. The summed E-state index contributed by atoms with van der Waals surface area (Å²) in [4.78, 5) is 11.7. The number of rotatable bonds is 8. The first-order valence-corrected chi connectivity index (χ1v) is 9.40. The average molecular weight is 384 g/mol. The maximum Gasteiger partial charge on any atom is 0.316 e. The maximum atomic E-state index is 11.7. The number of thioether (sulfide) groups is 1. The van der Waals surface area contributed by atoms with Crippen molar-refractivity contribution >= 4 is 29.3 Å².